The van der Waals surface area contributed by atoms with E-state index >= 15 is 0 Å². The molecule has 2 heterocycles. The first kappa shape index (κ1) is 10.2. The number of hydrazine groups is 1. The molecule has 0 unspecified atom stereocenters. The van der Waals surface area contributed by atoms with Crippen molar-refractivity contribution in [2.24, 2.45) is 0 Å². The molecule has 2 nitrogen and oxygen atoms in total. The molecule has 1 aromatic rings. The van der Waals surface area contributed by atoms with Crippen molar-refractivity contribution in [3.05, 3.63) is 57.4 Å². The van der Waals surface area contributed by atoms with Gasteiger partial charge in [-0.05, 0) is 46.3 Å². The van der Waals surface area contributed by atoms with Crippen LogP contribution < -0.4 is 5.01 Å². The van der Waals surface area contributed by atoms with Crippen molar-refractivity contribution in [2.75, 3.05) is 5.01 Å². The summed E-state index contributed by atoms with van der Waals surface area (Å²) in [5.41, 5.74) is 2.39. The Morgan fingerprint density at radius 1 is 1.00 bits per heavy atom. The van der Waals surface area contributed by atoms with Crippen molar-refractivity contribution >= 4 is 43.6 Å². The van der Waals surface area contributed by atoms with Crippen LogP contribution in [-0.2, 0) is 0 Å². The molecular formula is C12H8Br2N2. The van der Waals surface area contributed by atoms with Gasteiger partial charge in [-0.1, -0.05) is 15.9 Å². The molecule has 80 valence electrons. The zero-order valence-corrected chi connectivity index (χ0v) is 11.4. The molecule has 0 fully saturated rings. The minimum Gasteiger partial charge on any atom is -0.263 e. The third-order valence-electron chi connectivity index (χ3n) is 2.52. The summed E-state index contributed by atoms with van der Waals surface area (Å²) in [7, 11) is 0. The van der Waals surface area contributed by atoms with Gasteiger partial charge in [-0.3, -0.25) is 10.0 Å². The highest BCUT2D eigenvalue weighted by molar-refractivity contribution is 9.12. The molecule has 4 heteroatoms. The highest BCUT2D eigenvalue weighted by Crippen LogP contribution is 2.33. The lowest BCUT2D eigenvalue weighted by Crippen LogP contribution is -2.34. The minimum atomic E-state index is 1.06. The molecule has 2 aliphatic heterocycles. The van der Waals surface area contributed by atoms with Crippen molar-refractivity contribution < 1.29 is 0 Å². The number of anilines is 1. The molecule has 3 rings (SSSR count). The molecule has 0 radical (unpaired) electrons. The van der Waals surface area contributed by atoms with Gasteiger partial charge in [-0.25, -0.2) is 0 Å². The van der Waals surface area contributed by atoms with E-state index in [1.54, 1.807) is 0 Å². The van der Waals surface area contributed by atoms with Crippen molar-refractivity contribution in [1.82, 2.24) is 5.01 Å². The zero-order valence-electron chi connectivity index (χ0n) is 8.27. The van der Waals surface area contributed by atoms with Crippen molar-refractivity contribution in [3.63, 3.8) is 0 Å². The first-order valence-corrected chi connectivity index (χ1v) is 6.43. The highest BCUT2D eigenvalue weighted by atomic mass is 79.9. The van der Waals surface area contributed by atoms with Crippen LogP contribution in [0.4, 0.5) is 5.69 Å². The summed E-state index contributed by atoms with van der Waals surface area (Å²) in [4.78, 5) is 0. The smallest absolute Gasteiger partial charge is 0.0703 e. The van der Waals surface area contributed by atoms with E-state index in [0.29, 0.717) is 0 Å². The normalized spacial score (nSPS) is 17.0. The number of allylic oxidation sites excluding steroid dienone is 2. The molecule has 2 aliphatic rings. The van der Waals surface area contributed by atoms with Crippen LogP contribution in [0.1, 0.15) is 5.56 Å². The minimum absolute atomic E-state index is 1.06. The SMILES string of the molecule is BrC1=CN2C=Cc3cc(Br)ccc3N2C=C1. The molecule has 0 amide bonds. The molecule has 0 atom stereocenters. The summed E-state index contributed by atoms with van der Waals surface area (Å²) in [5.74, 6) is 0. The lowest BCUT2D eigenvalue weighted by Gasteiger charge is -2.36. The van der Waals surface area contributed by atoms with E-state index in [-0.39, 0.29) is 0 Å². The lowest BCUT2D eigenvalue weighted by molar-refractivity contribution is 0.504. The average molecular weight is 340 g/mol. The number of benzene rings is 1. The first-order valence-electron chi connectivity index (χ1n) is 4.85. The predicted molar refractivity (Wildman–Crippen MR) is 73.6 cm³/mol. The summed E-state index contributed by atoms with van der Waals surface area (Å²) in [6.07, 6.45) is 10.2. The number of halogens is 2. The molecule has 0 saturated carbocycles. The van der Waals surface area contributed by atoms with Gasteiger partial charge in [0.05, 0.1) is 5.69 Å². The fourth-order valence-electron chi connectivity index (χ4n) is 1.79. The average Bonchev–Trinajstić information content (AvgIpc) is 2.28. The van der Waals surface area contributed by atoms with Crippen LogP contribution in [0.15, 0.2) is 51.8 Å². The summed E-state index contributed by atoms with van der Waals surface area (Å²) >= 11 is 6.95. The summed E-state index contributed by atoms with van der Waals surface area (Å²) in [5, 5.41) is 4.15. The van der Waals surface area contributed by atoms with Crippen LogP contribution >= 0.6 is 31.9 Å². The van der Waals surface area contributed by atoms with Gasteiger partial charge < -0.3 is 0 Å². The topological polar surface area (TPSA) is 6.48 Å². The molecular weight excluding hydrogens is 332 g/mol. The van der Waals surface area contributed by atoms with Gasteiger partial charge in [0.2, 0.25) is 0 Å². The Balaban J connectivity index is 2.11. The quantitative estimate of drug-likeness (QED) is 0.698. The van der Waals surface area contributed by atoms with Crippen LogP contribution in [0.2, 0.25) is 0 Å². The second-order valence-electron chi connectivity index (χ2n) is 3.57. The van der Waals surface area contributed by atoms with Crippen LogP contribution in [0, 0.1) is 0 Å². The first-order chi connectivity index (χ1) is 7.74. The van der Waals surface area contributed by atoms with E-state index in [0.717, 1.165) is 8.96 Å². The van der Waals surface area contributed by atoms with Gasteiger partial charge in [-0.15, -0.1) is 0 Å². The molecule has 0 aliphatic carbocycles. The van der Waals surface area contributed by atoms with E-state index in [1.807, 2.05) is 29.7 Å². The van der Waals surface area contributed by atoms with Crippen molar-refractivity contribution in [1.29, 1.82) is 0 Å². The highest BCUT2D eigenvalue weighted by Gasteiger charge is 2.18. The molecule has 0 bridgehead atoms. The molecule has 0 saturated heterocycles. The Labute approximate surface area is 111 Å². The Morgan fingerprint density at radius 3 is 2.75 bits per heavy atom. The van der Waals surface area contributed by atoms with Crippen LogP contribution in [0.5, 0.6) is 0 Å². The Hall–Kier alpha value is -1.00. The molecule has 0 spiro atoms. The number of nitrogens with zero attached hydrogens (tertiary/aromatic N) is 2. The maximum atomic E-state index is 3.48. The third kappa shape index (κ3) is 1.62. The van der Waals surface area contributed by atoms with Crippen LogP contribution in [-0.4, -0.2) is 5.01 Å². The van der Waals surface area contributed by atoms with E-state index < -0.39 is 0 Å². The van der Waals surface area contributed by atoms with Gasteiger partial charge in [0, 0.05) is 33.1 Å². The van der Waals surface area contributed by atoms with Gasteiger partial charge >= 0.3 is 0 Å². The summed E-state index contributed by atoms with van der Waals surface area (Å²) in [6.45, 7) is 0. The van der Waals surface area contributed by atoms with Gasteiger partial charge in [0.15, 0.2) is 0 Å². The van der Waals surface area contributed by atoms with Gasteiger partial charge in [0.1, 0.15) is 0 Å². The third-order valence-corrected chi connectivity index (χ3v) is 3.48. The Bertz CT molecular complexity index is 532. The molecule has 0 N–H and O–H groups in total. The number of fused-ring (bicyclic) bond motifs is 3. The zero-order chi connectivity index (χ0) is 11.1. The van der Waals surface area contributed by atoms with Crippen molar-refractivity contribution in [2.45, 2.75) is 0 Å². The van der Waals surface area contributed by atoms with Crippen LogP contribution in [0.25, 0.3) is 6.08 Å². The predicted octanol–water partition coefficient (Wildman–Crippen LogP) is 4.22. The van der Waals surface area contributed by atoms with Gasteiger partial charge in [0.25, 0.3) is 0 Å². The number of hydrogen-bond donors (Lipinski definition) is 0. The monoisotopic (exact) mass is 338 g/mol. The largest absolute Gasteiger partial charge is 0.263 e. The Kier molecular flexibility index (Phi) is 2.41. The fourth-order valence-corrected chi connectivity index (χ4v) is 2.50. The second kappa shape index (κ2) is 3.79. The summed E-state index contributed by atoms with van der Waals surface area (Å²) < 4.78 is 2.16. The van der Waals surface area contributed by atoms with E-state index in [4.69, 9.17) is 0 Å². The van der Waals surface area contributed by atoms with Gasteiger partial charge in [-0.2, -0.15) is 0 Å². The van der Waals surface area contributed by atoms with Crippen molar-refractivity contribution in [3.8, 4) is 0 Å². The maximum absolute atomic E-state index is 3.48. The fraction of sp³-hybridized carbons (Fsp3) is 0. The molecule has 0 aromatic heterocycles. The lowest BCUT2D eigenvalue weighted by atomic mass is 10.1. The van der Waals surface area contributed by atoms with E-state index in [9.17, 15) is 0 Å². The summed E-state index contributed by atoms with van der Waals surface area (Å²) in [6, 6.07) is 6.27. The van der Waals surface area contributed by atoms with Crippen LogP contribution in [0.3, 0.4) is 0 Å². The number of hydrogen-bond acceptors (Lipinski definition) is 2. The number of rotatable bonds is 0. The standard InChI is InChI=1S/C12H8Br2N2/c13-10-1-2-12-9(7-10)3-5-15-8-11(14)4-6-16(12)15/h1-8H. The molecule has 1 aromatic carbocycles. The van der Waals surface area contributed by atoms with E-state index in [1.165, 1.54) is 11.3 Å². The maximum Gasteiger partial charge on any atom is 0.0703 e. The molecule has 16 heavy (non-hydrogen) atoms. The second-order valence-corrected chi connectivity index (χ2v) is 5.40. The van der Waals surface area contributed by atoms with E-state index in [2.05, 4.69) is 61.1 Å². The Morgan fingerprint density at radius 2 is 1.88 bits per heavy atom.